The number of H-pyrrole nitrogens is 1. The molecule has 0 amide bonds. The highest BCUT2D eigenvalue weighted by Gasteiger charge is 2.28. The summed E-state index contributed by atoms with van der Waals surface area (Å²) in [6.07, 6.45) is 1.53. The lowest BCUT2D eigenvalue weighted by atomic mass is 9.89. The van der Waals surface area contributed by atoms with Crippen LogP contribution in [0.5, 0.6) is 0 Å². The average Bonchev–Trinajstić information content (AvgIpc) is 2.68. The molecule has 3 aromatic rings. The van der Waals surface area contributed by atoms with E-state index in [1.165, 1.54) is 6.08 Å². The largest absolute Gasteiger partial charge is 0.477 e. The summed E-state index contributed by atoms with van der Waals surface area (Å²) in [5.41, 5.74) is 1.60. The highest BCUT2D eigenvalue weighted by atomic mass is 16.4. The Labute approximate surface area is 154 Å². The van der Waals surface area contributed by atoms with Gasteiger partial charge in [0.15, 0.2) is 0 Å². The van der Waals surface area contributed by atoms with Gasteiger partial charge < -0.3 is 15.7 Å². The van der Waals surface area contributed by atoms with Crippen molar-refractivity contribution < 1.29 is 9.90 Å². The average molecular weight is 360 g/mol. The van der Waals surface area contributed by atoms with Crippen LogP contribution in [0.2, 0.25) is 0 Å². The molecule has 1 aromatic heterocycles. The molecular weight excluding hydrogens is 344 g/mol. The van der Waals surface area contributed by atoms with Crippen LogP contribution < -0.4 is 16.2 Å². The summed E-state index contributed by atoms with van der Waals surface area (Å²) in [5, 5.41) is 15.2. The minimum Gasteiger partial charge on any atom is -0.477 e. The van der Waals surface area contributed by atoms with E-state index in [2.05, 4.69) is 20.6 Å². The molecule has 27 heavy (non-hydrogen) atoms. The number of nitrogens with zero attached hydrogens (tertiary/aromatic N) is 1. The van der Waals surface area contributed by atoms with Crippen molar-refractivity contribution in [2.24, 2.45) is 0 Å². The molecule has 0 spiro atoms. The van der Waals surface area contributed by atoms with Crippen LogP contribution in [0, 0.1) is 0 Å². The van der Waals surface area contributed by atoms with Crippen molar-refractivity contribution in [3.63, 3.8) is 0 Å². The third-order valence-electron chi connectivity index (χ3n) is 4.28. The van der Waals surface area contributed by atoms with Gasteiger partial charge in [0, 0.05) is 11.6 Å². The predicted octanol–water partition coefficient (Wildman–Crippen LogP) is 3.04. The molecule has 7 nitrogen and oxygen atoms in total. The standard InChI is InChI=1S/C20H16N4O3/c25-18-16-14(12-7-3-1-4-8-12)11-15(19(26)27)22-17(16)23-20(24-18)21-13-9-5-2-6-10-13/h1-11,14H,(H,26,27)(H3,21,22,23,24,25). The summed E-state index contributed by atoms with van der Waals surface area (Å²) in [4.78, 5) is 31.5. The molecule has 2 aromatic carbocycles. The lowest BCUT2D eigenvalue weighted by Gasteiger charge is -2.23. The summed E-state index contributed by atoms with van der Waals surface area (Å²) in [5.74, 6) is -1.15. The number of anilines is 3. The number of carbonyl (C=O) groups is 1. The van der Waals surface area contributed by atoms with Crippen molar-refractivity contribution in [3.05, 3.63) is 93.9 Å². The van der Waals surface area contributed by atoms with Gasteiger partial charge in [-0.05, 0) is 23.8 Å². The summed E-state index contributed by atoms with van der Waals surface area (Å²) >= 11 is 0. The highest BCUT2D eigenvalue weighted by Crippen LogP contribution is 2.33. The summed E-state index contributed by atoms with van der Waals surface area (Å²) in [6.45, 7) is 0. The van der Waals surface area contributed by atoms with Crippen LogP contribution in [0.1, 0.15) is 17.0 Å². The number of allylic oxidation sites excluding steroid dienone is 1. The van der Waals surface area contributed by atoms with E-state index in [1.807, 2.05) is 60.7 Å². The van der Waals surface area contributed by atoms with E-state index >= 15 is 0 Å². The number of aliphatic carboxylic acids is 1. The first-order valence-corrected chi connectivity index (χ1v) is 8.35. The zero-order valence-electron chi connectivity index (χ0n) is 14.1. The van der Waals surface area contributed by atoms with Crippen LogP contribution in [-0.4, -0.2) is 21.0 Å². The lowest BCUT2D eigenvalue weighted by Crippen LogP contribution is -2.27. The number of rotatable bonds is 4. The maximum absolute atomic E-state index is 12.8. The van der Waals surface area contributed by atoms with E-state index in [4.69, 9.17) is 0 Å². The van der Waals surface area contributed by atoms with Crippen LogP contribution >= 0.6 is 0 Å². The maximum atomic E-state index is 12.8. The van der Waals surface area contributed by atoms with Crippen LogP contribution in [0.4, 0.5) is 17.5 Å². The Balaban J connectivity index is 1.80. The predicted molar refractivity (Wildman–Crippen MR) is 102 cm³/mol. The number of hydrogen-bond donors (Lipinski definition) is 4. The SMILES string of the molecule is O=C(O)C1=CC(c2ccccc2)c2c(nc(Nc3ccccc3)[nH]c2=O)N1. The molecule has 1 aliphatic heterocycles. The number of hydrogen-bond acceptors (Lipinski definition) is 5. The van der Waals surface area contributed by atoms with Gasteiger partial charge in [-0.3, -0.25) is 9.78 Å². The molecule has 4 rings (SSSR count). The molecule has 2 heterocycles. The second-order valence-electron chi connectivity index (χ2n) is 6.07. The van der Waals surface area contributed by atoms with Crippen molar-refractivity contribution >= 4 is 23.4 Å². The number of fused-ring (bicyclic) bond motifs is 1. The maximum Gasteiger partial charge on any atom is 0.352 e. The molecule has 0 saturated heterocycles. The van der Waals surface area contributed by atoms with Gasteiger partial charge in [0.2, 0.25) is 5.95 Å². The Bertz CT molecular complexity index is 1080. The fourth-order valence-corrected chi connectivity index (χ4v) is 3.05. The molecule has 134 valence electrons. The molecule has 7 heteroatoms. The van der Waals surface area contributed by atoms with Gasteiger partial charge in [-0.2, -0.15) is 4.98 Å². The molecule has 1 aliphatic rings. The molecule has 0 fully saturated rings. The molecule has 0 saturated carbocycles. The van der Waals surface area contributed by atoms with Gasteiger partial charge in [0.25, 0.3) is 5.56 Å². The third kappa shape index (κ3) is 3.30. The number of benzene rings is 2. The smallest absolute Gasteiger partial charge is 0.352 e. The summed E-state index contributed by atoms with van der Waals surface area (Å²) < 4.78 is 0. The van der Waals surface area contributed by atoms with Gasteiger partial charge in [-0.25, -0.2) is 4.79 Å². The molecule has 0 aliphatic carbocycles. The Morgan fingerprint density at radius 1 is 1.04 bits per heavy atom. The van der Waals surface area contributed by atoms with Gasteiger partial charge in [0.05, 0.1) is 5.56 Å². The van der Waals surface area contributed by atoms with Crippen LogP contribution in [0.3, 0.4) is 0 Å². The normalized spacial score (nSPS) is 15.3. The Morgan fingerprint density at radius 2 is 1.70 bits per heavy atom. The fourth-order valence-electron chi connectivity index (χ4n) is 3.05. The van der Waals surface area contributed by atoms with Crippen molar-refractivity contribution in [3.8, 4) is 0 Å². The first kappa shape index (κ1) is 16.6. The molecule has 1 unspecified atom stereocenters. The summed E-state index contributed by atoms with van der Waals surface area (Å²) in [7, 11) is 0. The fraction of sp³-hybridized carbons (Fsp3) is 0.0500. The van der Waals surface area contributed by atoms with E-state index in [0.717, 1.165) is 11.3 Å². The van der Waals surface area contributed by atoms with E-state index in [0.29, 0.717) is 5.56 Å². The highest BCUT2D eigenvalue weighted by molar-refractivity contribution is 5.91. The number of carboxylic acid groups (broad SMARTS) is 1. The minimum atomic E-state index is -1.11. The van der Waals surface area contributed by atoms with Crippen molar-refractivity contribution in [2.45, 2.75) is 5.92 Å². The number of carboxylic acids is 1. The quantitative estimate of drug-likeness (QED) is 0.570. The van der Waals surface area contributed by atoms with Crippen molar-refractivity contribution in [1.82, 2.24) is 9.97 Å². The zero-order valence-corrected chi connectivity index (χ0v) is 14.1. The number of aromatic nitrogens is 2. The molecular formula is C20H16N4O3. The lowest BCUT2D eigenvalue weighted by molar-refractivity contribution is -0.132. The third-order valence-corrected chi connectivity index (χ3v) is 4.28. The number of aromatic amines is 1. The molecule has 0 radical (unpaired) electrons. The molecule has 1 atom stereocenters. The van der Waals surface area contributed by atoms with Gasteiger partial charge in [-0.1, -0.05) is 48.5 Å². The first-order chi connectivity index (χ1) is 13.1. The van der Waals surface area contributed by atoms with E-state index in [9.17, 15) is 14.7 Å². The van der Waals surface area contributed by atoms with Crippen LogP contribution in [0.25, 0.3) is 0 Å². The second kappa shape index (κ2) is 6.80. The van der Waals surface area contributed by atoms with Gasteiger partial charge in [-0.15, -0.1) is 0 Å². The van der Waals surface area contributed by atoms with Crippen molar-refractivity contribution in [1.29, 1.82) is 0 Å². The number of nitrogens with one attached hydrogen (secondary N) is 3. The Hall–Kier alpha value is -3.87. The first-order valence-electron chi connectivity index (χ1n) is 8.35. The molecule has 4 N–H and O–H groups in total. The topological polar surface area (TPSA) is 107 Å². The number of para-hydroxylation sites is 1. The van der Waals surface area contributed by atoms with Crippen LogP contribution in [0.15, 0.2) is 77.2 Å². The van der Waals surface area contributed by atoms with Gasteiger partial charge in [0.1, 0.15) is 11.5 Å². The van der Waals surface area contributed by atoms with Gasteiger partial charge >= 0.3 is 5.97 Å². The summed E-state index contributed by atoms with van der Waals surface area (Å²) in [6, 6.07) is 18.5. The second-order valence-corrected chi connectivity index (χ2v) is 6.07. The van der Waals surface area contributed by atoms with Crippen LogP contribution in [-0.2, 0) is 4.79 Å². The monoisotopic (exact) mass is 360 g/mol. The van der Waals surface area contributed by atoms with Crippen molar-refractivity contribution in [2.75, 3.05) is 10.6 Å². The zero-order chi connectivity index (χ0) is 18.8. The molecule has 0 bridgehead atoms. The Morgan fingerprint density at radius 3 is 2.37 bits per heavy atom. The minimum absolute atomic E-state index is 0.0138. The van der Waals surface area contributed by atoms with E-state index < -0.39 is 11.9 Å². The Kier molecular flexibility index (Phi) is 4.18. The van der Waals surface area contributed by atoms with E-state index in [1.54, 1.807) is 0 Å². The van der Waals surface area contributed by atoms with E-state index in [-0.39, 0.29) is 23.0 Å².